The maximum Gasteiger partial charge on any atom is 0.148 e. The molecule has 0 spiro atoms. The first-order valence-corrected chi connectivity index (χ1v) is 5.43. The summed E-state index contributed by atoms with van der Waals surface area (Å²) in [6, 6.07) is 4.91. The van der Waals surface area contributed by atoms with E-state index in [1.807, 2.05) is 6.92 Å². The van der Waals surface area contributed by atoms with Crippen molar-refractivity contribution in [3.8, 4) is 0 Å². The van der Waals surface area contributed by atoms with Crippen molar-refractivity contribution in [2.75, 3.05) is 10.7 Å². The Kier molecular flexibility index (Phi) is 3.38. The molecule has 0 unspecified atom stereocenters. The topological polar surface area (TPSA) is 75.9 Å². The maximum atomic E-state index is 13.4. The van der Waals surface area contributed by atoms with Gasteiger partial charge in [0.05, 0.1) is 0 Å². The summed E-state index contributed by atoms with van der Waals surface area (Å²) in [7, 11) is 0. The van der Waals surface area contributed by atoms with Crippen molar-refractivity contribution in [2.24, 2.45) is 5.84 Å². The van der Waals surface area contributed by atoms with Gasteiger partial charge in [0.1, 0.15) is 23.8 Å². The third kappa shape index (κ3) is 2.38. The van der Waals surface area contributed by atoms with Crippen LogP contribution in [0.2, 0.25) is 0 Å². The molecule has 0 aliphatic rings. The van der Waals surface area contributed by atoms with Crippen molar-refractivity contribution in [3.63, 3.8) is 0 Å². The fraction of sp³-hybridized carbons (Fsp3) is 0.167. The number of benzene rings is 1. The van der Waals surface area contributed by atoms with E-state index >= 15 is 0 Å². The molecular formula is C12H14FN5. The number of nitrogen functional groups attached to an aromatic ring is 1. The number of rotatable bonds is 3. The molecule has 6 heteroatoms. The lowest BCUT2D eigenvalue weighted by molar-refractivity contribution is 0.619. The van der Waals surface area contributed by atoms with Crippen molar-refractivity contribution in [3.05, 3.63) is 41.5 Å². The first-order valence-electron chi connectivity index (χ1n) is 5.43. The first kappa shape index (κ1) is 12.3. The van der Waals surface area contributed by atoms with Gasteiger partial charge in [-0.1, -0.05) is 6.07 Å². The standard InChI is InChI=1S/C12H14FN5/c1-7-3-4-9(5-10(7)13)17-11-8(2)12(18-14)16-6-15-11/h3-6H,14H2,1-2H3,(H2,15,16,17,18). The molecule has 0 bridgehead atoms. The van der Waals surface area contributed by atoms with E-state index in [0.29, 0.717) is 22.9 Å². The molecule has 18 heavy (non-hydrogen) atoms. The number of halogens is 1. The summed E-state index contributed by atoms with van der Waals surface area (Å²) in [5.74, 6) is 6.18. The number of aryl methyl sites for hydroxylation is 1. The van der Waals surface area contributed by atoms with Gasteiger partial charge in [0.2, 0.25) is 0 Å². The number of nitrogens with two attached hydrogens (primary N) is 1. The van der Waals surface area contributed by atoms with E-state index in [1.54, 1.807) is 19.1 Å². The first-order chi connectivity index (χ1) is 8.61. The molecule has 0 saturated carbocycles. The summed E-state index contributed by atoms with van der Waals surface area (Å²) >= 11 is 0. The van der Waals surface area contributed by atoms with E-state index < -0.39 is 0 Å². The number of aromatic nitrogens is 2. The van der Waals surface area contributed by atoms with Crippen molar-refractivity contribution in [1.82, 2.24) is 9.97 Å². The zero-order valence-electron chi connectivity index (χ0n) is 10.2. The molecule has 0 amide bonds. The van der Waals surface area contributed by atoms with E-state index in [2.05, 4.69) is 20.7 Å². The van der Waals surface area contributed by atoms with Gasteiger partial charge in [-0.15, -0.1) is 0 Å². The Labute approximate surface area is 104 Å². The Morgan fingerprint density at radius 3 is 2.56 bits per heavy atom. The second-order valence-corrected chi connectivity index (χ2v) is 3.93. The van der Waals surface area contributed by atoms with E-state index in [1.165, 1.54) is 12.4 Å². The van der Waals surface area contributed by atoms with Gasteiger partial charge in [-0.25, -0.2) is 20.2 Å². The van der Waals surface area contributed by atoms with Crippen molar-refractivity contribution in [1.29, 1.82) is 0 Å². The maximum absolute atomic E-state index is 13.4. The number of nitrogens with zero attached hydrogens (tertiary/aromatic N) is 2. The monoisotopic (exact) mass is 247 g/mol. The molecule has 0 atom stereocenters. The van der Waals surface area contributed by atoms with E-state index in [4.69, 9.17) is 5.84 Å². The molecule has 0 aliphatic carbocycles. The summed E-state index contributed by atoms with van der Waals surface area (Å²) in [6.45, 7) is 3.54. The van der Waals surface area contributed by atoms with E-state index in [-0.39, 0.29) is 5.82 Å². The van der Waals surface area contributed by atoms with Crippen molar-refractivity contribution >= 4 is 17.3 Å². The third-order valence-corrected chi connectivity index (χ3v) is 2.66. The van der Waals surface area contributed by atoms with Crippen LogP contribution in [0.4, 0.5) is 21.7 Å². The number of anilines is 3. The molecule has 1 heterocycles. The van der Waals surface area contributed by atoms with Gasteiger partial charge in [-0.05, 0) is 31.5 Å². The van der Waals surface area contributed by atoms with Crippen LogP contribution in [0.25, 0.3) is 0 Å². The summed E-state index contributed by atoms with van der Waals surface area (Å²) < 4.78 is 13.4. The molecule has 0 radical (unpaired) electrons. The van der Waals surface area contributed by atoms with Crippen LogP contribution in [-0.2, 0) is 0 Å². The van der Waals surface area contributed by atoms with E-state index in [9.17, 15) is 4.39 Å². The highest BCUT2D eigenvalue weighted by atomic mass is 19.1. The Hall–Kier alpha value is -2.21. The van der Waals surface area contributed by atoms with Gasteiger partial charge in [-0.3, -0.25) is 0 Å². The molecule has 5 nitrogen and oxygen atoms in total. The minimum absolute atomic E-state index is 0.260. The van der Waals surface area contributed by atoms with Crippen LogP contribution in [0.3, 0.4) is 0 Å². The highest BCUT2D eigenvalue weighted by Gasteiger charge is 2.07. The van der Waals surface area contributed by atoms with Gasteiger partial charge in [-0.2, -0.15) is 0 Å². The van der Waals surface area contributed by atoms with Crippen LogP contribution >= 0.6 is 0 Å². The fourth-order valence-corrected chi connectivity index (χ4v) is 1.53. The van der Waals surface area contributed by atoms with Gasteiger partial charge < -0.3 is 10.7 Å². The lowest BCUT2D eigenvalue weighted by Gasteiger charge is -2.11. The summed E-state index contributed by atoms with van der Waals surface area (Å²) in [4.78, 5) is 8.06. The summed E-state index contributed by atoms with van der Waals surface area (Å²) in [5.41, 5.74) is 4.47. The van der Waals surface area contributed by atoms with E-state index in [0.717, 1.165) is 5.56 Å². The molecule has 0 aliphatic heterocycles. The largest absolute Gasteiger partial charge is 0.340 e. The van der Waals surface area contributed by atoms with Gasteiger partial charge >= 0.3 is 0 Å². The molecule has 2 aromatic rings. The zero-order valence-corrected chi connectivity index (χ0v) is 10.2. The number of nitrogens with one attached hydrogen (secondary N) is 2. The lowest BCUT2D eigenvalue weighted by atomic mass is 10.2. The van der Waals surface area contributed by atoms with Gasteiger partial charge in [0.25, 0.3) is 0 Å². The smallest absolute Gasteiger partial charge is 0.148 e. The van der Waals surface area contributed by atoms with Gasteiger partial charge in [0, 0.05) is 11.3 Å². The molecule has 94 valence electrons. The molecule has 0 saturated heterocycles. The molecular weight excluding hydrogens is 233 g/mol. The van der Waals surface area contributed by atoms with Crippen LogP contribution in [0.15, 0.2) is 24.5 Å². The number of hydrogen-bond acceptors (Lipinski definition) is 5. The molecule has 2 rings (SSSR count). The molecule has 0 fully saturated rings. The quantitative estimate of drug-likeness (QED) is 0.573. The normalized spacial score (nSPS) is 10.2. The Morgan fingerprint density at radius 1 is 1.17 bits per heavy atom. The second kappa shape index (κ2) is 4.97. The Bertz CT molecular complexity index is 570. The van der Waals surface area contributed by atoms with Crippen LogP contribution in [0.1, 0.15) is 11.1 Å². The van der Waals surface area contributed by atoms with Crippen LogP contribution in [-0.4, -0.2) is 9.97 Å². The predicted molar refractivity (Wildman–Crippen MR) is 69.0 cm³/mol. The molecule has 1 aromatic heterocycles. The minimum Gasteiger partial charge on any atom is -0.340 e. The Balaban J connectivity index is 2.31. The average Bonchev–Trinajstić information content (AvgIpc) is 2.36. The summed E-state index contributed by atoms with van der Waals surface area (Å²) in [6.07, 6.45) is 1.38. The molecule has 1 aromatic carbocycles. The fourth-order valence-electron chi connectivity index (χ4n) is 1.53. The van der Waals surface area contributed by atoms with Crippen LogP contribution in [0.5, 0.6) is 0 Å². The van der Waals surface area contributed by atoms with Crippen molar-refractivity contribution < 1.29 is 4.39 Å². The Morgan fingerprint density at radius 2 is 1.89 bits per heavy atom. The SMILES string of the molecule is Cc1ccc(Nc2ncnc(NN)c2C)cc1F. The average molecular weight is 247 g/mol. The number of hydrogen-bond donors (Lipinski definition) is 3. The molecule has 4 N–H and O–H groups in total. The van der Waals surface area contributed by atoms with Crippen LogP contribution in [0, 0.1) is 19.7 Å². The summed E-state index contributed by atoms with van der Waals surface area (Å²) in [5, 5.41) is 3.03. The zero-order chi connectivity index (χ0) is 13.1. The highest BCUT2D eigenvalue weighted by Crippen LogP contribution is 2.22. The second-order valence-electron chi connectivity index (χ2n) is 3.93. The third-order valence-electron chi connectivity index (χ3n) is 2.66. The number of hydrazine groups is 1. The lowest BCUT2D eigenvalue weighted by Crippen LogP contribution is -2.11. The van der Waals surface area contributed by atoms with Crippen LogP contribution < -0.4 is 16.6 Å². The predicted octanol–water partition coefficient (Wildman–Crippen LogP) is 2.26. The van der Waals surface area contributed by atoms with Crippen molar-refractivity contribution in [2.45, 2.75) is 13.8 Å². The minimum atomic E-state index is -0.260. The highest BCUT2D eigenvalue weighted by molar-refractivity contribution is 5.64. The van der Waals surface area contributed by atoms with Gasteiger partial charge in [0.15, 0.2) is 0 Å².